The first-order chi connectivity index (χ1) is 9.75. The topological polar surface area (TPSA) is 55.0 Å². The molecule has 0 amide bonds. The van der Waals surface area contributed by atoms with Crippen molar-refractivity contribution in [3.05, 3.63) is 24.5 Å². The Morgan fingerprint density at radius 1 is 1.35 bits per heavy atom. The van der Waals surface area contributed by atoms with E-state index in [9.17, 15) is 0 Å². The highest BCUT2D eigenvalue weighted by atomic mass is 32.1. The summed E-state index contributed by atoms with van der Waals surface area (Å²) in [6.07, 6.45) is 7.44. The number of aromatic nitrogens is 2. The minimum Gasteiger partial charge on any atom is -0.382 e. The minimum absolute atomic E-state index is 0.621. The highest BCUT2D eigenvalue weighted by molar-refractivity contribution is 7.11. The van der Waals surface area contributed by atoms with Crippen molar-refractivity contribution in [1.82, 2.24) is 9.36 Å². The number of hydrogen-bond donors (Lipinski definition) is 1. The second-order valence-corrected chi connectivity index (χ2v) is 6.26. The van der Waals surface area contributed by atoms with Crippen LogP contribution in [0.25, 0.3) is 11.1 Å². The monoisotopic (exact) mass is 288 g/mol. The number of nitrogen functional groups attached to an aromatic ring is 1. The van der Waals surface area contributed by atoms with E-state index < -0.39 is 0 Å². The molecule has 106 valence electrons. The number of hydrogen-bond acceptors (Lipinski definition) is 5. The lowest BCUT2D eigenvalue weighted by molar-refractivity contribution is 0.521. The third kappa shape index (κ3) is 2.63. The molecule has 0 aromatic carbocycles. The second kappa shape index (κ2) is 5.79. The van der Waals surface area contributed by atoms with Crippen LogP contribution in [0.3, 0.4) is 0 Å². The molecule has 0 aliphatic carbocycles. The average Bonchev–Trinajstić information content (AvgIpc) is 2.71. The maximum Gasteiger partial charge on any atom is 0.147 e. The third-order valence-electron chi connectivity index (χ3n) is 3.95. The SMILES string of the molecule is CC1CCCN(c2snc(N)c2-c2cccnc2)CC1. The van der Waals surface area contributed by atoms with Crippen LogP contribution in [0.5, 0.6) is 0 Å². The number of nitrogens with two attached hydrogens (primary N) is 1. The molecule has 1 aliphatic rings. The first-order valence-corrected chi connectivity index (χ1v) is 7.93. The fraction of sp³-hybridized carbons (Fsp3) is 0.467. The molecule has 2 aromatic rings. The molecule has 1 fully saturated rings. The zero-order valence-corrected chi connectivity index (χ0v) is 12.6. The van der Waals surface area contributed by atoms with E-state index >= 15 is 0 Å². The van der Waals surface area contributed by atoms with Crippen molar-refractivity contribution in [3.63, 3.8) is 0 Å². The summed E-state index contributed by atoms with van der Waals surface area (Å²) in [5, 5.41) is 1.20. The number of pyridine rings is 1. The van der Waals surface area contributed by atoms with Crippen LogP contribution in [0.4, 0.5) is 10.8 Å². The maximum absolute atomic E-state index is 6.09. The largest absolute Gasteiger partial charge is 0.382 e. The van der Waals surface area contributed by atoms with Gasteiger partial charge in [0.2, 0.25) is 0 Å². The molecule has 0 spiro atoms. The van der Waals surface area contributed by atoms with Crippen molar-refractivity contribution in [2.24, 2.45) is 5.92 Å². The first kappa shape index (κ1) is 13.4. The number of rotatable bonds is 2. The molecule has 1 atom stereocenters. The molecular formula is C15H20N4S. The van der Waals surface area contributed by atoms with Crippen molar-refractivity contribution in [3.8, 4) is 11.1 Å². The maximum atomic E-state index is 6.09. The number of nitrogens with zero attached hydrogens (tertiary/aromatic N) is 3. The van der Waals surface area contributed by atoms with E-state index in [1.54, 1.807) is 6.20 Å². The van der Waals surface area contributed by atoms with E-state index in [4.69, 9.17) is 5.73 Å². The lowest BCUT2D eigenvalue weighted by Gasteiger charge is -2.22. The molecule has 4 nitrogen and oxygen atoms in total. The van der Waals surface area contributed by atoms with E-state index in [0.717, 1.165) is 30.1 Å². The summed E-state index contributed by atoms with van der Waals surface area (Å²) < 4.78 is 4.37. The van der Waals surface area contributed by atoms with Crippen LogP contribution in [0.15, 0.2) is 24.5 Å². The van der Waals surface area contributed by atoms with E-state index in [-0.39, 0.29) is 0 Å². The molecule has 2 N–H and O–H groups in total. The van der Waals surface area contributed by atoms with Gasteiger partial charge in [-0.15, -0.1) is 0 Å². The lowest BCUT2D eigenvalue weighted by Crippen LogP contribution is -2.23. The van der Waals surface area contributed by atoms with Crippen LogP contribution in [0, 0.1) is 5.92 Å². The zero-order chi connectivity index (χ0) is 13.9. The van der Waals surface area contributed by atoms with E-state index in [2.05, 4.69) is 27.2 Å². The summed E-state index contributed by atoms with van der Waals surface area (Å²) in [6, 6.07) is 4.00. The molecule has 3 rings (SSSR count). The van der Waals surface area contributed by atoms with E-state index in [1.165, 1.54) is 35.8 Å². The van der Waals surface area contributed by atoms with Crippen molar-refractivity contribution in [1.29, 1.82) is 0 Å². The quantitative estimate of drug-likeness (QED) is 0.920. The molecule has 1 saturated heterocycles. The fourth-order valence-corrected chi connectivity index (χ4v) is 3.65. The highest BCUT2D eigenvalue weighted by Crippen LogP contribution is 2.39. The molecule has 3 heterocycles. The summed E-state index contributed by atoms with van der Waals surface area (Å²) in [7, 11) is 0. The van der Waals surface area contributed by atoms with Gasteiger partial charge in [0, 0.05) is 31.0 Å². The van der Waals surface area contributed by atoms with Gasteiger partial charge in [-0.3, -0.25) is 4.98 Å². The Hall–Kier alpha value is -1.62. The van der Waals surface area contributed by atoms with Crippen molar-refractivity contribution in [2.75, 3.05) is 23.7 Å². The highest BCUT2D eigenvalue weighted by Gasteiger charge is 2.21. The van der Waals surface area contributed by atoms with Gasteiger partial charge < -0.3 is 10.6 Å². The van der Waals surface area contributed by atoms with Crippen molar-refractivity contribution >= 4 is 22.4 Å². The van der Waals surface area contributed by atoms with Gasteiger partial charge >= 0.3 is 0 Å². The van der Waals surface area contributed by atoms with Gasteiger partial charge in [-0.25, -0.2) is 0 Å². The summed E-state index contributed by atoms with van der Waals surface area (Å²) >= 11 is 1.51. The summed E-state index contributed by atoms with van der Waals surface area (Å²) in [6.45, 7) is 4.53. The van der Waals surface area contributed by atoms with Crippen LogP contribution >= 0.6 is 11.5 Å². The average molecular weight is 288 g/mol. The van der Waals surface area contributed by atoms with Gasteiger partial charge in [0.1, 0.15) is 10.8 Å². The molecular weight excluding hydrogens is 268 g/mol. The molecule has 0 bridgehead atoms. The van der Waals surface area contributed by atoms with Crippen LogP contribution < -0.4 is 10.6 Å². The van der Waals surface area contributed by atoms with Gasteiger partial charge in [-0.2, -0.15) is 4.37 Å². The minimum atomic E-state index is 0.621. The van der Waals surface area contributed by atoms with Gasteiger partial charge in [0.25, 0.3) is 0 Å². The Bertz CT molecular complexity index is 567. The van der Waals surface area contributed by atoms with Crippen LogP contribution in [0.1, 0.15) is 26.2 Å². The Balaban J connectivity index is 1.94. The molecule has 2 aromatic heterocycles. The predicted molar refractivity (Wildman–Crippen MR) is 85.0 cm³/mol. The Morgan fingerprint density at radius 3 is 3.05 bits per heavy atom. The van der Waals surface area contributed by atoms with E-state index in [0.29, 0.717) is 5.82 Å². The van der Waals surface area contributed by atoms with Crippen LogP contribution in [0.2, 0.25) is 0 Å². The van der Waals surface area contributed by atoms with Gasteiger partial charge in [0.15, 0.2) is 0 Å². The smallest absolute Gasteiger partial charge is 0.147 e. The standard InChI is InChI=1S/C15H20N4S/c1-11-4-3-8-19(9-6-11)15-13(14(16)18-20-15)12-5-2-7-17-10-12/h2,5,7,10-11H,3-4,6,8-9H2,1H3,(H2,16,18). The number of anilines is 2. The van der Waals surface area contributed by atoms with Crippen molar-refractivity contribution in [2.45, 2.75) is 26.2 Å². The van der Waals surface area contributed by atoms with Crippen LogP contribution in [-0.4, -0.2) is 22.4 Å². The van der Waals surface area contributed by atoms with Gasteiger partial charge in [-0.05, 0) is 42.8 Å². The third-order valence-corrected chi connectivity index (χ3v) is 4.88. The summed E-state index contributed by atoms with van der Waals surface area (Å²) in [4.78, 5) is 6.65. The fourth-order valence-electron chi connectivity index (χ4n) is 2.76. The predicted octanol–water partition coefficient (Wildman–Crippen LogP) is 3.41. The molecule has 1 unspecified atom stereocenters. The molecule has 0 saturated carbocycles. The second-order valence-electron chi connectivity index (χ2n) is 5.51. The van der Waals surface area contributed by atoms with E-state index in [1.807, 2.05) is 12.3 Å². The molecule has 20 heavy (non-hydrogen) atoms. The normalized spacial score (nSPS) is 19.9. The van der Waals surface area contributed by atoms with Gasteiger partial charge in [0.05, 0.1) is 5.56 Å². The van der Waals surface area contributed by atoms with Crippen LogP contribution in [-0.2, 0) is 0 Å². The lowest BCUT2D eigenvalue weighted by atomic mass is 10.0. The molecule has 1 aliphatic heterocycles. The summed E-state index contributed by atoms with van der Waals surface area (Å²) in [5.74, 6) is 1.43. The molecule has 5 heteroatoms. The Morgan fingerprint density at radius 2 is 2.25 bits per heavy atom. The Labute approximate surface area is 123 Å². The van der Waals surface area contributed by atoms with Crippen molar-refractivity contribution < 1.29 is 0 Å². The zero-order valence-electron chi connectivity index (χ0n) is 11.7. The Kier molecular flexibility index (Phi) is 3.87. The first-order valence-electron chi connectivity index (χ1n) is 7.16. The molecule has 0 radical (unpaired) electrons. The summed E-state index contributed by atoms with van der Waals surface area (Å²) in [5.41, 5.74) is 8.21. The van der Waals surface area contributed by atoms with Gasteiger partial charge in [-0.1, -0.05) is 13.0 Å².